The van der Waals surface area contributed by atoms with Crippen LogP contribution in [0.15, 0.2) is 0 Å². The lowest BCUT2D eigenvalue weighted by atomic mass is 9.74. The summed E-state index contributed by atoms with van der Waals surface area (Å²) in [6.45, 7) is 9.51. The third kappa shape index (κ3) is 4.10. The van der Waals surface area contributed by atoms with Crippen molar-refractivity contribution in [3.05, 3.63) is 0 Å². The summed E-state index contributed by atoms with van der Waals surface area (Å²) in [5, 5.41) is 8.74. The summed E-state index contributed by atoms with van der Waals surface area (Å²) in [6, 6.07) is 0. The fourth-order valence-corrected chi connectivity index (χ4v) is 1.60. The van der Waals surface area contributed by atoms with E-state index in [1.165, 1.54) is 12.8 Å². The van der Waals surface area contributed by atoms with Gasteiger partial charge in [-0.3, -0.25) is 0 Å². The zero-order chi connectivity index (χ0) is 9.61. The molecule has 0 amide bonds. The Labute approximate surface area is 77.2 Å². The van der Waals surface area contributed by atoms with Gasteiger partial charge < -0.3 is 5.11 Å². The molecule has 1 N–H and O–H groups in total. The van der Waals surface area contributed by atoms with Crippen molar-refractivity contribution in [1.82, 2.24) is 0 Å². The van der Waals surface area contributed by atoms with Gasteiger partial charge in [-0.2, -0.15) is 0 Å². The van der Waals surface area contributed by atoms with Crippen LogP contribution >= 0.6 is 0 Å². The highest BCUT2D eigenvalue weighted by molar-refractivity contribution is 4.74. The van der Waals surface area contributed by atoms with Crippen LogP contribution in [0.4, 0.5) is 0 Å². The van der Waals surface area contributed by atoms with Crippen molar-refractivity contribution in [2.75, 3.05) is 6.61 Å². The van der Waals surface area contributed by atoms with Gasteiger partial charge in [-0.15, -0.1) is 0 Å². The molecule has 1 unspecified atom stereocenters. The van der Waals surface area contributed by atoms with Crippen LogP contribution in [-0.2, 0) is 0 Å². The van der Waals surface area contributed by atoms with E-state index >= 15 is 0 Å². The highest BCUT2D eigenvalue weighted by Gasteiger charge is 2.23. The van der Waals surface area contributed by atoms with Crippen molar-refractivity contribution >= 4 is 0 Å². The monoisotopic (exact) mass is 172 g/mol. The number of aliphatic hydroxyl groups is 1. The first-order chi connectivity index (χ1) is 5.54. The summed E-state index contributed by atoms with van der Waals surface area (Å²) < 4.78 is 0. The van der Waals surface area contributed by atoms with E-state index in [0.717, 1.165) is 18.8 Å². The molecule has 0 rings (SSSR count). The number of rotatable bonds is 6. The lowest BCUT2D eigenvalue weighted by Gasteiger charge is -2.31. The van der Waals surface area contributed by atoms with E-state index in [4.69, 9.17) is 5.11 Å². The summed E-state index contributed by atoms with van der Waals surface area (Å²) in [7, 11) is 0. The highest BCUT2D eigenvalue weighted by atomic mass is 16.2. The second-order valence-electron chi connectivity index (χ2n) is 4.51. The van der Waals surface area contributed by atoms with Gasteiger partial charge in [-0.25, -0.2) is 0 Å². The summed E-state index contributed by atoms with van der Waals surface area (Å²) >= 11 is 0. The summed E-state index contributed by atoms with van der Waals surface area (Å²) in [5.74, 6) is 0.772. The molecule has 74 valence electrons. The van der Waals surface area contributed by atoms with Crippen molar-refractivity contribution in [3.8, 4) is 0 Å². The Morgan fingerprint density at radius 1 is 1.33 bits per heavy atom. The molecule has 1 atom stereocenters. The Bertz CT molecular complexity index is 108. The molecule has 0 fully saturated rings. The summed E-state index contributed by atoms with van der Waals surface area (Å²) in [5.41, 5.74) is 0.402. The molecule has 1 heteroatoms. The molecule has 0 spiro atoms. The van der Waals surface area contributed by atoms with E-state index in [-0.39, 0.29) is 0 Å². The standard InChI is InChI=1S/C11H24O/c1-5-7-10(2)11(3,4)8-6-9-12/h10,12H,5-9H2,1-4H3. The van der Waals surface area contributed by atoms with E-state index < -0.39 is 0 Å². The zero-order valence-corrected chi connectivity index (χ0v) is 9.06. The molecule has 0 aromatic rings. The Morgan fingerprint density at radius 2 is 1.92 bits per heavy atom. The largest absolute Gasteiger partial charge is 0.396 e. The fraction of sp³-hybridized carbons (Fsp3) is 1.00. The second kappa shape index (κ2) is 5.58. The topological polar surface area (TPSA) is 20.2 Å². The molecule has 0 aliphatic heterocycles. The molecule has 0 saturated carbocycles. The maximum absolute atomic E-state index is 8.74. The molecular weight excluding hydrogens is 148 g/mol. The molecular formula is C11H24O. The molecule has 0 aliphatic carbocycles. The predicted molar refractivity (Wildman–Crippen MR) is 54.2 cm³/mol. The third-order valence-corrected chi connectivity index (χ3v) is 3.03. The van der Waals surface area contributed by atoms with Crippen LogP contribution in [0.1, 0.15) is 53.4 Å². The van der Waals surface area contributed by atoms with E-state index in [9.17, 15) is 0 Å². The SMILES string of the molecule is CCCC(C)C(C)(C)CCCO. The normalized spacial score (nSPS) is 14.8. The Kier molecular flexibility index (Phi) is 5.56. The minimum atomic E-state index is 0.336. The van der Waals surface area contributed by atoms with Crippen LogP contribution in [0.5, 0.6) is 0 Å². The quantitative estimate of drug-likeness (QED) is 0.652. The molecule has 0 aromatic heterocycles. The minimum absolute atomic E-state index is 0.336. The van der Waals surface area contributed by atoms with Crippen molar-refractivity contribution in [2.45, 2.75) is 53.4 Å². The van der Waals surface area contributed by atoms with E-state index in [2.05, 4.69) is 27.7 Å². The molecule has 1 nitrogen and oxygen atoms in total. The molecule has 0 saturated heterocycles. The number of hydrogen-bond donors (Lipinski definition) is 1. The first-order valence-corrected chi connectivity index (χ1v) is 5.15. The molecule has 0 bridgehead atoms. The number of aliphatic hydroxyl groups excluding tert-OH is 1. The first kappa shape index (κ1) is 12.0. The highest BCUT2D eigenvalue weighted by Crippen LogP contribution is 2.34. The molecule has 12 heavy (non-hydrogen) atoms. The minimum Gasteiger partial charge on any atom is -0.396 e. The van der Waals surface area contributed by atoms with Gasteiger partial charge in [0, 0.05) is 6.61 Å². The number of hydrogen-bond acceptors (Lipinski definition) is 1. The van der Waals surface area contributed by atoms with Gasteiger partial charge in [0.2, 0.25) is 0 Å². The van der Waals surface area contributed by atoms with Crippen molar-refractivity contribution in [2.24, 2.45) is 11.3 Å². The van der Waals surface area contributed by atoms with Crippen LogP contribution in [0.2, 0.25) is 0 Å². The van der Waals surface area contributed by atoms with Gasteiger partial charge in [-0.05, 0) is 24.2 Å². The average Bonchev–Trinajstić information content (AvgIpc) is 2.01. The van der Waals surface area contributed by atoms with Crippen LogP contribution in [-0.4, -0.2) is 11.7 Å². The molecule has 0 aromatic carbocycles. The van der Waals surface area contributed by atoms with Crippen LogP contribution < -0.4 is 0 Å². The first-order valence-electron chi connectivity index (χ1n) is 5.15. The Hall–Kier alpha value is -0.0400. The van der Waals surface area contributed by atoms with Gasteiger partial charge in [0.1, 0.15) is 0 Å². The third-order valence-electron chi connectivity index (χ3n) is 3.03. The smallest absolute Gasteiger partial charge is 0.0431 e. The van der Waals surface area contributed by atoms with Gasteiger partial charge in [-0.1, -0.05) is 40.5 Å². The Balaban J connectivity index is 3.81. The molecule has 0 heterocycles. The van der Waals surface area contributed by atoms with Crippen molar-refractivity contribution in [1.29, 1.82) is 0 Å². The van der Waals surface area contributed by atoms with Gasteiger partial charge in [0.05, 0.1) is 0 Å². The van der Waals surface area contributed by atoms with Crippen LogP contribution in [0.3, 0.4) is 0 Å². The predicted octanol–water partition coefficient (Wildman–Crippen LogP) is 3.22. The van der Waals surface area contributed by atoms with Gasteiger partial charge in [0.15, 0.2) is 0 Å². The van der Waals surface area contributed by atoms with E-state index in [1.54, 1.807) is 0 Å². The maximum atomic E-state index is 8.74. The lowest BCUT2D eigenvalue weighted by Crippen LogP contribution is -2.21. The maximum Gasteiger partial charge on any atom is 0.0431 e. The second-order valence-corrected chi connectivity index (χ2v) is 4.51. The van der Waals surface area contributed by atoms with Gasteiger partial charge >= 0.3 is 0 Å². The average molecular weight is 172 g/mol. The molecule has 0 aliphatic rings. The van der Waals surface area contributed by atoms with E-state index in [1.807, 2.05) is 0 Å². The molecule has 0 radical (unpaired) electrons. The van der Waals surface area contributed by atoms with Crippen LogP contribution in [0, 0.1) is 11.3 Å². The zero-order valence-electron chi connectivity index (χ0n) is 9.06. The van der Waals surface area contributed by atoms with Crippen molar-refractivity contribution in [3.63, 3.8) is 0 Å². The summed E-state index contributed by atoms with van der Waals surface area (Å²) in [4.78, 5) is 0. The lowest BCUT2D eigenvalue weighted by molar-refractivity contribution is 0.172. The van der Waals surface area contributed by atoms with Gasteiger partial charge in [0.25, 0.3) is 0 Å². The Morgan fingerprint density at radius 3 is 2.33 bits per heavy atom. The van der Waals surface area contributed by atoms with E-state index in [0.29, 0.717) is 12.0 Å². The van der Waals surface area contributed by atoms with Crippen LogP contribution in [0.25, 0.3) is 0 Å². The van der Waals surface area contributed by atoms with Crippen molar-refractivity contribution < 1.29 is 5.11 Å². The summed E-state index contributed by atoms with van der Waals surface area (Å²) in [6.07, 6.45) is 4.66. The fourth-order valence-electron chi connectivity index (χ4n) is 1.60.